The van der Waals surface area contributed by atoms with E-state index in [0.717, 1.165) is 0 Å². The first-order valence-corrected chi connectivity index (χ1v) is 2.80. The molecule has 0 heterocycles. The van der Waals surface area contributed by atoms with Gasteiger partial charge in [0.05, 0.1) is 0 Å². The second-order valence-electron chi connectivity index (χ2n) is 0.986. The van der Waals surface area contributed by atoms with Crippen LogP contribution in [-0.4, -0.2) is 36.7 Å². The molecule has 0 aromatic rings. The Morgan fingerprint density at radius 3 is 2.29 bits per heavy atom. The molecular formula is C3H5NO2Te. The molecule has 0 fully saturated rings. The van der Waals surface area contributed by atoms with Crippen LogP contribution in [0.4, 0.5) is 0 Å². The summed E-state index contributed by atoms with van der Waals surface area (Å²) < 4.78 is -0.0525. The summed E-state index contributed by atoms with van der Waals surface area (Å²) in [6.07, 6.45) is 0. The third-order valence-corrected chi connectivity index (χ3v) is 0.574. The SMILES string of the molecule is CC(=O)NC(O)=[Te]. The normalized spacial score (nSPS) is 7.57. The molecule has 0 bridgehead atoms. The van der Waals surface area contributed by atoms with E-state index >= 15 is 0 Å². The molecule has 0 saturated carbocycles. The summed E-state index contributed by atoms with van der Waals surface area (Å²) in [7, 11) is 0. The van der Waals surface area contributed by atoms with Crippen molar-refractivity contribution in [2.75, 3.05) is 0 Å². The zero-order valence-electron chi connectivity index (χ0n) is 3.76. The van der Waals surface area contributed by atoms with Gasteiger partial charge in [0.25, 0.3) is 0 Å². The van der Waals surface area contributed by atoms with Crippen LogP contribution in [0.1, 0.15) is 6.92 Å². The summed E-state index contributed by atoms with van der Waals surface area (Å²) in [5, 5.41) is 10.5. The van der Waals surface area contributed by atoms with Gasteiger partial charge in [-0.3, -0.25) is 0 Å². The number of amides is 1. The van der Waals surface area contributed by atoms with E-state index in [0.29, 0.717) is 0 Å². The zero-order chi connectivity index (χ0) is 5.86. The van der Waals surface area contributed by atoms with Gasteiger partial charge in [-0.25, -0.2) is 0 Å². The molecule has 3 nitrogen and oxygen atoms in total. The van der Waals surface area contributed by atoms with Crippen LogP contribution in [0.15, 0.2) is 0 Å². The van der Waals surface area contributed by atoms with Gasteiger partial charge in [0, 0.05) is 0 Å². The van der Waals surface area contributed by atoms with Crippen LogP contribution in [0, 0.1) is 0 Å². The van der Waals surface area contributed by atoms with Crippen molar-refractivity contribution in [3.05, 3.63) is 0 Å². The second-order valence-corrected chi connectivity index (χ2v) is 2.09. The Labute approximate surface area is 54.1 Å². The van der Waals surface area contributed by atoms with E-state index in [1.807, 2.05) is 0 Å². The van der Waals surface area contributed by atoms with Crippen molar-refractivity contribution in [3.8, 4) is 0 Å². The van der Waals surface area contributed by atoms with E-state index in [1.54, 1.807) is 0 Å². The Kier molecular flexibility index (Phi) is 2.97. The first-order valence-electron chi connectivity index (χ1n) is 1.63. The Morgan fingerprint density at radius 2 is 2.29 bits per heavy atom. The number of aliphatic hydroxyl groups is 1. The van der Waals surface area contributed by atoms with Gasteiger partial charge in [0.2, 0.25) is 0 Å². The van der Waals surface area contributed by atoms with Gasteiger partial charge >= 0.3 is 53.7 Å². The molecule has 4 heteroatoms. The van der Waals surface area contributed by atoms with Crippen LogP contribution < -0.4 is 5.32 Å². The number of rotatable bonds is 1. The van der Waals surface area contributed by atoms with Crippen LogP contribution in [0.25, 0.3) is 0 Å². The van der Waals surface area contributed by atoms with Gasteiger partial charge < -0.3 is 0 Å². The standard InChI is InChI=1S/C3H5NO2Te/c1-2(5)4-3(6)7/h1H3,(H2,4,5,6,7). The van der Waals surface area contributed by atoms with Crippen LogP contribution in [0.2, 0.25) is 0 Å². The van der Waals surface area contributed by atoms with E-state index in [2.05, 4.69) is 5.32 Å². The molecule has 1 amide bonds. The molecule has 40 valence electrons. The summed E-state index contributed by atoms with van der Waals surface area (Å²) in [6, 6.07) is 0. The number of hydrogen-bond donors (Lipinski definition) is 2. The van der Waals surface area contributed by atoms with Crippen molar-refractivity contribution in [1.82, 2.24) is 5.32 Å². The number of carbonyl (C=O) groups excluding carboxylic acids is 1. The van der Waals surface area contributed by atoms with Crippen molar-refractivity contribution >= 4 is 31.6 Å². The summed E-state index contributed by atoms with van der Waals surface area (Å²) in [5.41, 5.74) is 0. The average Bonchev–Trinajstić information content (AvgIpc) is 1.27. The first-order chi connectivity index (χ1) is 3.13. The molecule has 0 saturated heterocycles. The molecule has 0 aromatic heterocycles. The predicted octanol–water partition coefficient (Wildman–Crippen LogP) is -1.25. The molecule has 0 aliphatic rings. The third kappa shape index (κ3) is 5.93. The fraction of sp³-hybridized carbons (Fsp3) is 0.333. The first kappa shape index (κ1) is 6.93. The van der Waals surface area contributed by atoms with Gasteiger partial charge in [-0.05, 0) is 0 Å². The van der Waals surface area contributed by atoms with Gasteiger partial charge in [-0.15, -0.1) is 0 Å². The summed E-state index contributed by atoms with van der Waals surface area (Å²) in [4.78, 5) is 9.96. The van der Waals surface area contributed by atoms with Crippen molar-refractivity contribution < 1.29 is 9.90 Å². The van der Waals surface area contributed by atoms with E-state index in [4.69, 9.17) is 5.11 Å². The van der Waals surface area contributed by atoms with Crippen molar-refractivity contribution in [1.29, 1.82) is 0 Å². The number of carbonyl (C=O) groups is 1. The van der Waals surface area contributed by atoms with Gasteiger partial charge in [-0.1, -0.05) is 0 Å². The van der Waals surface area contributed by atoms with E-state index in [1.165, 1.54) is 28.7 Å². The molecular weight excluding hydrogens is 210 g/mol. The van der Waals surface area contributed by atoms with E-state index < -0.39 is 0 Å². The number of nitrogens with one attached hydrogen (secondary N) is 1. The average molecular weight is 215 g/mol. The molecule has 0 aliphatic carbocycles. The van der Waals surface area contributed by atoms with Crippen LogP contribution in [0.3, 0.4) is 0 Å². The molecule has 0 radical (unpaired) electrons. The quantitative estimate of drug-likeness (QED) is 0.536. The van der Waals surface area contributed by atoms with Gasteiger partial charge in [-0.2, -0.15) is 0 Å². The Bertz CT molecular complexity index is 89.1. The minimum atomic E-state index is -0.247. The van der Waals surface area contributed by atoms with E-state index in [-0.39, 0.29) is 9.77 Å². The maximum atomic E-state index is 9.96. The third-order valence-electron chi connectivity index (χ3n) is 0.283. The molecule has 7 heavy (non-hydrogen) atoms. The van der Waals surface area contributed by atoms with Crippen LogP contribution in [-0.2, 0) is 4.79 Å². The van der Waals surface area contributed by atoms with Crippen molar-refractivity contribution in [2.45, 2.75) is 6.92 Å². The minimum absolute atomic E-state index is 0.0525. The van der Waals surface area contributed by atoms with Gasteiger partial charge in [0.15, 0.2) is 0 Å². The number of hydrogen-bond acceptors (Lipinski definition) is 2. The maximum absolute atomic E-state index is 9.96. The molecule has 2 N–H and O–H groups in total. The zero-order valence-corrected chi connectivity index (χ0v) is 6.09. The fourth-order valence-corrected chi connectivity index (χ4v) is 0.561. The summed E-state index contributed by atoms with van der Waals surface area (Å²) in [6.45, 7) is 1.33. The summed E-state index contributed by atoms with van der Waals surface area (Å²) >= 11 is 1.34. The number of aliphatic hydroxyl groups excluding tert-OH is 1. The Balaban J connectivity index is 3.32. The molecule has 0 spiro atoms. The predicted molar refractivity (Wildman–Crippen MR) is 26.5 cm³/mol. The van der Waals surface area contributed by atoms with E-state index in [9.17, 15) is 4.79 Å². The molecule has 0 rings (SSSR count). The molecule has 0 unspecified atom stereocenters. The molecule has 0 aliphatic heterocycles. The summed E-state index contributed by atoms with van der Waals surface area (Å²) in [5.74, 6) is -0.247. The second kappa shape index (κ2) is 3.00. The Hall–Kier alpha value is -0.0704. The topological polar surface area (TPSA) is 49.3 Å². The molecule has 0 atom stereocenters. The van der Waals surface area contributed by atoms with Gasteiger partial charge in [0.1, 0.15) is 0 Å². The van der Waals surface area contributed by atoms with Crippen molar-refractivity contribution in [2.24, 2.45) is 0 Å². The monoisotopic (exact) mass is 217 g/mol. The van der Waals surface area contributed by atoms with Crippen molar-refractivity contribution in [3.63, 3.8) is 0 Å². The Morgan fingerprint density at radius 1 is 1.86 bits per heavy atom. The van der Waals surface area contributed by atoms with Crippen LogP contribution in [0.5, 0.6) is 0 Å². The fourth-order valence-electron chi connectivity index (χ4n) is 0.151. The van der Waals surface area contributed by atoms with Crippen LogP contribution >= 0.6 is 0 Å². The molecule has 0 aromatic carbocycles.